The fraction of sp³-hybridized carbons (Fsp3) is 0.222. The molecule has 0 spiro atoms. The lowest BCUT2D eigenvalue weighted by atomic mass is 10.0. The standard InChI is InChI=1S/C54H54O8P2/c1-5-17-43(18-6-1)63(44-19-7-2-8-20-44)51-29-15-27-49-53(51)54-50(28-16-30-52(54)64(45-21-9-3-10-22-45)46-23-11-4-12-24-46)62-42-38-58-34-32-56-36-40-60-48-26-14-13-25-47(48)59-39-35-55-31-33-57-37-41-61-49/h1-30H,31-42H2. The van der Waals surface area contributed by atoms with Crippen LogP contribution in [-0.4, -0.2) is 79.3 Å². The molecule has 0 unspecified atom stereocenters. The van der Waals surface area contributed by atoms with Gasteiger partial charge in [-0.25, -0.2) is 0 Å². The summed E-state index contributed by atoms with van der Waals surface area (Å²) in [6.07, 6.45) is 0. The molecular weight excluding hydrogens is 839 g/mol. The Hall–Kier alpha value is -5.56. The first kappa shape index (κ1) is 45.0. The summed E-state index contributed by atoms with van der Waals surface area (Å²) in [5.41, 5.74) is 2.02. The molecule has 0 N–H and O–H groups in total. The zero-order chi connectivity index (χ0) is 43.4. The normalized spacial score (nSPS) is 15.0. The molecule has 0 fully saturated rings. The Balaban J connectivity index is 1.19. The van der Waals surface area contributed by atoms with Crippen LogP contribution in [0.15, 0.2) is 182 Å². The zero-order valence-corrected chi connectivity index (χ0v) is 37.8. The summed E-state index contributed by atoms with van der Waals surface area (Å²) in [6.45, 7) is 4.74. The monoisotopic (exact) mass is 892 g/mol. The molecule has 0 saturated heterocycles. The predicted molar refractivity (Wildman–Crippen MR) is 261 cm³/mol. The first-order valence-electron chi connectivity index (χ1n) is 21.8. The van der Waals surface area contributed by atoms with E-state index in [9.17, 15) is 0 Å². The Labute approximate surface area is 379 Å². The van der Waals surface area contributed by atoms with Crippen LogP contribution in [0.2, 0.25) is 0 Å². The van der Waals surface area contributed by atoms with Crippen molar-refractivity contribution in [1.29, 1.82) is 0 Å². The third kappa shape index (κ3) is 12.2. The summed E-state index contributed by atoms with van der Waals surface area (Å²) in [4.78, 5) is 0. The molecule has 1 aliphatic rings. The number of hydrogen-bond acceptors (Lipinski definition) is 8. The molecule has 7 aromatic carbocycles. The SMILES string of the molecule is c1ccc(P(c2ccccc2)c2cccc3c2-c2c(cccc2P(c2ccccc2)c2ccccc2)OCCOCCOCCOc2ccccc2OCCOCCOCCO3)cc1. The Morgan fingerprint density at radius 2 is 0.484 bits per heavy atom. The largest absolute Gasteiger partial charge is 0.491 e. The van der Waals surface area contributed by atoms with Crippen molar-refractivity contribution in [2.45, 2.75) is 0 Å². The van der Waals surface area contributed by atoms with Crippen LogP contribution in [0.4, 0.5) is 0 Å². The molecule has 64 heavy (non-hydrogen) atoms. The summed E-state index contributed by atoms with van der Waals surface area (Å²) < 4.78 is 49.6. The van der Waals surface area contributed by atoms with Crippen molar-refractivity contribution in [3.05, 3.63) is 182 Å². The number of rotatable bonds is 6. The van der Waals surface area contributed by atoms with Crippen molar-refractivity contribution in [2.24, 2.45) is 0 Å². The topological polar surface area (TPSA) is 73.8 Å². The predicted octanol–water partition coefficient (Wildman–Crippen LogP) is 8.17. The van der Waals surface area contributed by atoms with E-state index in [0.29, 0.717) is 90.8 Å². The van der Waals surface area contributed by atoms with Gasteiger partial charge in [0, 0.05) is 11.1 Å². The van der Waals surface area contributed by atoms with Gasteiger partial charge in [0.25, 0.3) is 0 Å². The van der Waals surface area contributed by atoms with Crippen molar-refractivity contribution >= 4 is 47.7 Å². The van der Waals surface area contributed by atoms with E-state index in [0.717, 1.165) is 22.6 Å². The van der Waals surface area contributed by atoms with Gasteiger partial charge in [0.05, 0.1) is 52.9 Å². The lowest BCUT2D eigenvalue weighted by Crippen LogP contribution is -2.27. The van der Waals surface area contributed by atoms with Crippen LogP contribution in [0.1, 0.15) is 0 Å². The van der Waals surface area contributed by atoms with E-state index in [-0.39, 0.29) is 0 Å². The number of hydrogen-bond donors (Lipinski definition) is 0. The fourth-order valence-electron chi connectivity index (χ4n) is 7.49. The molecule has 0 aromatic heterocycles. The molecule has 0 amide bonds. The van der Waals surface area contributed by atoms with Gasteiger partial charge >= 0.3 is 0 Å². The van der Waals surface area contributed by atoms with Crippen LogP contribution >= 0.6 is 15.8 Å². The maximum Gasteiger partial charge on any atom is 0.161 e. The van der Waals surface area contributed by atoms with E-state index in [1.807, 2.05) is 24.3 Å². The lowest BCUT2D eigenvalue weighted by Gasteiger charge is -2.29. The molecule has 0 bridgehead atoms. The van der Waals surface area contributed by atoms with Crippen LogP contribution < -0.4 is 50.8 Å². The molecular formula is C54H54O8P2. The quantitative estimate of drug-likeness (QED) is 0.155. The minimum Gasteiger partial charge on any atom is -0.491 e. The van der Waals surface area contributed by atoms with Gasteiger partial charge in [0.1, 0.15) is 37.9 Å². The summed E-state index contributed by atoms with van der Waals surface area (Å²) in [7, 11) is -2.13. The van der Waals surface area contributed by atoms with Crippen molar-refractivity contribution in [1.82, 2.24) is 0 Å². The highest BCUT2D eigenvalue weighted by Crippen LogP contribution is 2.47. The van der Waals surface area contributed by atoms with Crippen molar-refractivity contribution in [2.75, 3.05) is 79.3 Å². The maximum absolute atomic E-state index is 6.87. The molecule has 1 aliphatic heterocycles. The van der Waals surface area contributed by atoms with E-state index in [1.54, 1.807) is 0 Å². The molecule has 7 aromatic rings. The van der Waals surface area contributed by atoms with Crippen LogP contribution in [-0.2, 0) is 18.9 Å². The average Bonchev–Trinajstić information content (AvgIpc) is 3.34. The second-order valence-corrected chi connectivity index (χ2v) is 19.0. The highest BCUT2D eigenvalue weighted by Gasteiger charge is 2.30. The second kappa shape index (κ2) is 24.5. The molecule has 8 nitrogen and oxygen atoms in total. The van der Waals surface area contributed by atoms with Gasteiger partial charge in [-0.15, -0.1) is 0 Å². The molecule has 10 heteroatoms. The molecule has 1 heterocycles. The van der Waals surface area contributed by atoms with Gasteiger partial charge < -0.3 is 37.9 Å². The molecule has 0 atom stereocenters. The minimum atomic E-state index is -1.06. The van der Waals surface area contributed by atoms with E-state index in [1.165, 1.54) is 31.8 Å². The maximum atomic E-state index is 6.87. The number of para-hydroxylation sites is 2. The molecule has 328 valence electrons. The average molecular weight is 893 g/mol. The highest BCUT2D eigenvalue weighted by atomic mass is 31.1. The number of fused-ring (bicyclic) bond motifs is 4. The molecule has 0 aliphatic carbocycles. The summed E-state index contributed by atoms with van der Waals surface area (Å²) >= 11 is 0. The number of benzene rings is 7. The molecule has 0 radical (unpaired) electrons. The van der Waals surface area contributed by atoms with E-state index in [2.05, 4.69) is 158 Å². The summed E-state index contributed by atoms with van der Waals surface area (Å²) in [6, 6.07) is 63.8. The smallest absolute Gasteiger partial charge is 0.161 e. The third-order valence-electron chi connectivity index (χ3n) is 10.3. The Morgan fingerprint density at radius 1 is 0.234 bits per heavy atom. The molecule has 8 rings (SSSR count). The summed E-state index contributed by atoms with van der Waals surface area (Å²) in [5.74, 6) is 2.86. The first-order valence-corrected chi connectivity index (χ1v) is 24.5. The second-order valence-electron chi connectivity index (χ2n) is 14.6. The third-order valence-corrected chi connectivity index (χ3v) is 15.3. The van der Waals surface area contributed by atoms with E-state index >= 15 is 0 Å². The zero-order valence-electron chi connectivity index (χ0n) is 36.0. The lowest BCUT2D eigenvalue weighted by molar-refractivity contribution is 0.0247. The van der Waals surface area contributed by atoms with Crippen LogP contribution in [0.3, 0.4) is 0 Å². The van der Waals surface area contributed by atoms with Crippen molar-refractivity contribution < 1.29 is 37.9 Å². The van der Waals surface area contributed by atoms with E-state index in [4.69, 9.17) is 37.9 Å². The Kier molecular flexibility index (Phi) is 17.2. The van der Waals surface area contributed by atoms with Crippen molar-refractivity contribution in [3.8, 4) is 34.1 Å². The molecule has 0 saturated carbocycles. The van der Waals surface area contributed by atoms with Crippen LogP contribution in [0.5, 0.6) is 23.0 Å². The minimum absolute atomic E-state index is 0.339. The van der Waals surface area contributed by atoms with Gasteiger partial charge in [-0.1, -0.05) is 158 Å². The fourth-order valence-corrected chi connectivity index (χ4v) is 12.4. The van der Waals surface area contributed by atoms with Crippen molar-refractivity contribution in [3.63, 3.8) is 0 Å². The van der Waals surface area contributed by atoms with Gasteiger partial charge in [-0.2, -0.15) is 0 Å². The highest BCUT2D eigenvalue weighted by molar-refractivity contribution is 7.80. The van der Waals surface area contributed by atoms with Crippen LogP contribution in [0, 0.1) is 0 Å². The van der Waals surface area contributed by atoms with Gasteiger partial charge in [-0.3, -0.25) is 0 Å². The van der Waals surface area contributed by atoms with Gasteiger partial charge in [0.2, 0.25) is 0 Å². The Bertz CT molecular complexity index is 2190. The van der Waals surface area contributed by atoms with E-state index < -0.39 is 15.8 Å². The van der Waals surface area contributed by atoms with Gasteiger partial charge in [-0.05, 0) is 71.9 Å². The number of ether oxygens (including phenoxy) is 8. The summed E-state index contributed by atoms with van der Waals surface area (Å²) in [5, 5.41) is 7.29. The first-order chi connectivity index (χ1) is 31.8. The van der Waals surface area contributed by atoms with Gasteiger partial charge in [0.15, 0.2) is 11.5 Å². The van der Waals surface area contributed by atoms with Crippen LogP contribution in [0.25, 0.3) is 11.1 Å². The Morgan fingerprint density at radius 3 is 0.797 bits per heavy atom.